The summed E-state index contributed by atoms with van der Waals surface area (Å²) in [6.45, 7) is 7.85. The Morgan fingerprint density at radius 3 is 2.47 bits per heavy atom. The predicted octanol–water partition coefficient (Wildman–Crippen LogP) is 3.41. The molecule has 0 aliphatic carbocycles. The monoisotopic (exact) mass is 499 g/mol. The molecule has 1 aromatic carbocycles. The van der Waals surface area contributed by atoms with E-state index < -0.39 is 5.67 Å². The fraction of sp³-hybridized carbons (Fsp3) is 0.593. The zero-order valence-electron chi connectivity index (χ0n) is 21.4. The highest BCUT2D eigenvalue weighted by Gasteiger charge is 2.29. The number of halogens is 1. The van der Waals surface area contributed by atoms with E-state index >= 15 is 0 Å². The molecule has 2 fully saturated rings. The first-order valence-corrected chi connectivity index (χ1v) is 12.8. The summed E-state index contributed by atoms with van der Waals surface area (Å²) in [6, 6.07) is 11.6. The number of carbonyl (C=O) groups is 1. The van der Waals surface area contributed by atoms with E-state index in [1.165, 1.54) is 0 Å². The summed E-state index contributed by atoms with van der Waals surface area (Å²) in [5, 5.41) is 8.57. The van der Waals surface area contributed by atoms with Crippen molar-refractivity contribution in [1.82, 2.24) is 20.0 Å². The molecule has 2 aliphatic rings. The van der Waals surface area contributed by atoms with Crippen LogP contribution in [0.15, 0.2) is 36.4 Å². The molecule has 2 N–H and O–H groups in total. The Kier molecular flexibility index (Phi) is 8.87. The first kappa shape index (κ1) is 26.4. The SMILES string of the molecule is CC(C)(F)CN1CCC(COc2ccc(-c3ccc(COCN4CCC[C@H]4C(N)=O)cc3)nn2)CC1. The van der Waals surface area contributed by atoms with E-state index in [4.69, 9.17) is 15.2 Å². The van der Waals surface area contributed by atoms with Crippen LogP contribution in [-0.2, 0) is 16.1 Å². The quantitative estimate of drug-likeness (QED) is 0.506. The number of primary amides is 1. The molecular weight excluding hydrogens is 461 g/mol. The molecule has 1 atom stereocenters. The smallest absolute Gasteiger partial charge is 0.234 e. The number of rotatable bonds is 11. The first-order chi connectivity index (χ1) is 17.3. The van der Waals surface area contributed by atoms with Gasteiger partial charge in [-0.3, -0.25) is 9.69 Å². The maximum Gasteiger partial charge on any atom is 0.234 e. The summed E-state index contributed by atoms with van der Waals surface area (Å²) < 4.78 is 25.5. The standard InChI is InChI=1S/C27H38FN5O3/c1-27(2,28)18-32-14-11-21(12-15-32)17-36-25-10-9-23(30-31-25)22-7-5-20(6-8-22)16-35-19-33-13-3-4-24(33)26(29)34/h5-10,21,24H,3-4,11-19H2,1-2H3,(H2,29,34)/t24-/m0/s1. The Hall–Kier alpha value is -2.62. The molecule has 0 saturated carbocycles. The van der Waals surface area contributed by atoms with Gasteiger partial charge in [-0.2, -0.15) is 0 Å². The lowest BCUT2D eigenvalue weighted by atomic mass is 9.97. The molecule has 0 radical (unpaired) electrons. The minimum Gasteiger partial charge on any atom is -0.476 e. The molecule has 8 nitrogen and oxygen atoms in total. The highest BCUT2D eigenvalue weighted by atomic mass is 19.1. The molecule has 1 amide bonds. The van der Waals surface area contributed by atoms with Gasteiger partial charge in [0.15, 0.2) is 0 Å². The second-order valence-corrected chi connectivity index (χ2v) is 10.6. The fourth-order valence-corrected chi connectivity index (χ4v) is 4.95. The Morgan fingerprint density at radius 2 is 1.83 bits per heavy atom. The molecule has 2 aromatic rings. The van der Waals surface area contributed by atoms with E-state index in [1.807, 2.05) is 41.3 Å². The van der Waals surface area contributed by atoms with Crippen molar-refractivity contribution in [1.29, 1.82) is 0 Å². The lowest BCUT2D eigenvalue weighted by molar-refractivity contribution is -0.124. The Balaban J connectivity index is 1.19. The lowest BCUT2D eigenvalue weighted by Gasteiger charge is -2.34. The number of ether oxygens (including phenoxy) is 2. The lowest BCUT2D eigenvalue weighted by Crippen LogP contribution is -2.41. The van der Waals surface area contributed by atoms with Crippen LogP contribution in [0, 0.1) is 5.92 Å². The second kappa shape index (κ2) is 12.1. The highest BCUT2D eigenvalue weighted by Crippen LogP contribution is 2.23. The predicted molar refractivity (Wildman–Crippen MR) is 136 cm³/mol. The van der Waals surface area contributed by atoms with E-state index in [9.17, 15) is 9.18 Å². The van der Waals surface area contributed by atoms with Gasteiger partial charge in [-0.25, -0.2) is 4.39 Å². The number of piperidine rings is 1. The average molecular weight is 500 g/mol. The van der Waals surface area contributed by atoms with Crippen molar-refractivity contribution in [3.05, 3.63) is 42.0 Å². The van der Waals surface area contributed by atoms with Gasteiger partial charge in [-0.1, -0.05) is 24.3 Å². The van der Waals surface area contributed by atoms with Crippen LogP contribution < -0.4 is 10.5 Å². The third-order valence-corrected chi connectivity index (χ3v) is 6.88. The molecule has 2 saturated heterocycles. The van der Waals surface area contributed by atoms with Crippen LogP contribution in [0.1, 0.15) is 45.1 Å². The molecule has 2 aliphatic heterocycles. The summed E-state index contributed by atoms with van der Waals surface area (Å²) in [5.41, 5.74) is 7.09. The molecule has 0 unspecified atom stereocenters. The molecule has 9 heteroatoms. The topological polar surface area (TPSA) is 93.8 Å². The van der Waals surface area contributed by atoms with Gasteiger partial charge >= 0.3 is 0 Å². The third kappa shape index (κ3) is 7.69. The zero-order chi connectivity index (χ0) is 25.5. The molecule has 4 rings (SSSR count). The molecule has 0 spiro atoms. The van der Waals surface area contributed by atoms with Crippen LogP contribution in [0.2, 0.25) is 0 Å². The third-order valence-electron chi connectivity index (χ3n) is 6.88. The molecule has 3 heterocycles. The second-order valence-electron chi connectivity index (χ2n) is 10.6. The zero-order valence-corrected chi connectivity index (χ0v) is 21.4. The number of nitrogens with two attached hydrogens (primary N) is 1. The highest BCUT2D eigenvalue weighted by molar-refractivity contribution is 5.80. The van der Waals surface area contributed by atoms with Crippen molar-refractivity contribution in [2.24, 2.45) is 11.7 Å². The molecular formula is C27H38FN5O3. The van der Waals surface area contributed by atoms with E-state index in [0.29, 0.717) is 38.3 Å². The normalized spacial score (nSPS) is 20.0. The van der Waals surface area contributed by atoms with E-state index in [-0.39, 0.29) is 11.9 Å². The van der Waals surface area contributed by atoms with Crippen LogP contribution in [0.5, 0.6) is 5.88 Å². The average Bonchev–Trinajstić information content (AvgIpc) is 3.33. The van der Waals surface area contributed by atoms with Crippen LogP contribution in [0.4, 0.5) is 4.39 Å². The number of hydrogen-bond donors (Lipinski definition) is 1. The van der Waals surface area contributed by atoms with Crippen LogP contribution in [0.3, 0.4) is 0 Å². The number of benzene rings is 1. The molecule has 1 aromatic heterocycles. The van der Waals surface area contributed by atoms with Gasteiger partial charge in [0.05, 0.1) is 24.9 Å². The van der Waals surface area contributed by atoms with Crippen molar-refractivity contribution in [3.8, 4) is 17.1 Å². The maximum absolute atomic E-state index is 13.8. The van der Waals surface area contributed by atoms with Gasteiger partial charge < -0.3 is 20.1 Å². The summed E-state index contributed by atoms with van der Waals surface area (Å²) in [7, 11) is 0. The van der Waals surface area contributed by atoms with Crippen LogP contribution in [0.25, 0.3) is 11.3 Å². The van der Waals surface area contributed by atoms with E-state index in [2.05, 4.69) is 15.1 Å². The Bertz CT molecular complexity index is 972. The number of nitrogens with zero attached hydrogens (tertiary/aromatic N) is 4. The maximum atomic E-state index is 13.8. The van der Waals surface area contributed by atoms with Crippen molar-refractivity contribution < 1.29 is 18.7 Å². The number of aromatic nitrogens is 2. The van der Waals surface area contributed by atoms with E-state index in [1.54, 1.807) is 13.8 Å². The number of hydrogen-bond acceptors (Lipinski definition) is 7. The van der Waals surface area contributed by atoms with Crippen molar-refractivity contribution in [2.75, 3.05) is 39.5 Å². The minimum atomic E-state index is -1.15. The Labute approximate surface area is 213 Å². The Morgan fingerprint density at radius 1 is 1.08 bits per heavy atom. The number of amides is 1. The number of likely N-dealkylation sites (tertiary alicyclic amines) is 2. The van der Waals surface area contributed by atoms with E-state index in [0.717, 1.165) is 62.1 Å². The van der Waals surface area contributed by atoms with Gasteiger partial charge in [-0.15, -0.1) is 10.2 Å². The summed E-state index contributed by atoms with van der Waals surface area (Å²) in [4.78, 5) is 15.7. The van der Waals surface area contributed by atoms with Gasteiger partial charge in [0.1, 0.15) is 12.4 Å². The molecule has 36 heavy (non-hydrogen) atoms. The summed E-state index contributed by atoms with van der Waals surface area (Å²) in [6.07, 6.45) is 3.77. The van der Waals surface area contributed by atoms with Crippen molar-refractivity contribution in [3.63, 3.8) is 0 Å². The summed E-state index contributed by atoms with van der Waals surface area (Å²) in [5.74, 6) is 0.692. The van der Waals surface area contributed by atoms with Crippen molar-refractivity contribution >= 4 is 5.91 Å². The number of carbonyl (C=O) groups excluding carboxylic acids is 1. The van der Waals surface area contributed by atoms with Crippen LogP contribution >= 0.6 is 0 Å². The summed E-state index contributed by atoms with van der Waals surface area (Å²) >= 11 is 0. The fourth-order valence-electron chi connectivity index (χ4n) is 4.95. The van der Waals surface area contributed by atoms with Gasteiger partial charge in [0.2, 0.25) is 11.8 Å². The van der Waals surface area contributed by atoms with Crippen LogP contribution in [-0.4, -0.2) is 77.1 Å². The molecule has 196 valence electrons. The minimum absolute atomic E-state index is 0.217. The van der Waals surface area contributed by atoms with Gasteiger partial charge in [0.25, 0.3) is 0 Å². The largest absolute Gasteiger partial charge is 0.476 e. The molecule has 0 bridgehead atoms. The van der Waals surface area contributed by atoms with Gasteiger partial charge in [0, 0.05) is 24.7 Å². The first-order valence-electron chi connectivity index (χ1n) is 12.8. The van der Waals surface area contributed by atoms with Crippen molar-refractivity contribution in [2.45, 2.75) is 57.8 Å². The number of alkyl halides is 1. The van der Waals surface area contributed by atoms with Gasteiger partial charge in [-0.05, 0) is 70.2 Å².